The molecular formula is C15H19ClN4O2S. The van der Waals surface area contributed by atoms with Crippen molar-refractivity contribution in [2.24, 2.45) is 14.9 Å². The normalized spacial score (nSPS) is 20.4. The Morgan fingerprint density at radius 1 is 1.39 bits per heavy atom. The Morgan fingerprint density at radius 2 is 2.13 bits per heavy atom. The quantitative estimate of drug-likeness (QED) is 0.654. The zero-order valence-electron chi connectivity index (χ0n) is 12.9. The number of hydrogen-bond donors (Lipinski definition) is 1. The molecule has 1 saturated carbocycles. The molecule has 0 saturated heterocycles. The van der Waals surface area contributed by atoms with E-state index in [9.17, 15) is 8.42 Å². The van der Waals surface area contributed by atoms with Gasteiger partial charge in [-0.2, -0.15) is 13.5 Å². The van der Waals surface area contributed by atoms with E-state index < -0.39 is 10.0 Å². The average Bonchev–Trinajstić information content (AvgIpc) is 3.15. The third-order valence-electron chi connectivity index (χ3n) is 4.30. The number of hydrogen-bond acceptors (Lipinski definition) is 3. The first-order chi connectivity index (χ1) is 10.9. The van der Waals surface area contributed by atoms with Crippen LogP contribution in [0.15, 0.2) is 38.7 Å². The maximum Gasteiger partial charge on any atom is 0.285 e. The van der Waals surface area contributed by atoms with E-state index >= 15 is 0 Å². The summed E-state index contributed by atoms with van der Waals surface area (Å²) in [6.45, 7) is 0.664. The van der Waals surface area contributed by atoms with E-state index in [4.69, 9.17) is 11.6 Å². The molecule has 1 N–H and O–H groups in total. The lowest BCUT2D eigenvalue weighted by molar-refractivity contribution is 0.341. The van der Waals surface area contributed by atoms with Crippen LogP contribution in [0.4, 0.5) is 0 Å². The fraction of sp³-hybridized carbons (Fsp3) is 0.467. The number of hydrazone groups is 1. The molecule has 1 heterocycles. The third-order valence-corrected chi connectivity index (χ3v) is 5.80. The van der Waals surface area contributed by atoms with Crippen LogP contribution in [-0.2, 0) is 10.0 Å². The van der Waals surface area contributed by atoms with E-state index in [-0.39, 0.29) is 16.3 Å². The van der Waals surface area contributed by atoms with Crippen molar-refractivity contribution >= 4 is 33.8 Å². The van der Waals surface area contributed by atoms with E-state index in [0.29, 0.717) is 11.6 Å². The van der Waals surface area contributed by atoms with Crippen LogP contribution in [0.2, 0.25) is 5.02 Å². The first kappa shape index (κ1) is 16.3. The Bertz CT molecular complexity index is 754. The summed E-state index contributed by atoms with van der Waals surface area (Å²) in [5, 5.41) is 9.19. The van der Waals surface area contributed by atoms with Gasteiger partial charge in [0.1, 0.15) is 0 Å². The minimum Gasteiger partial charge on any atom is -0.357 e. The molecule has 0 atom stereocenters. The van der Waals surface area contributed by atoms with Gasteiger partial charge in [0.2, 0.25) is 5.96 Å². The highest BCUT2D eigenvalue weighted by Gasteiger charge is 2.39. The molecule has 1 fully saturated rings. The molecule has 23 heavy (non-hydrogen) atoms. The highest BCUT2D eigenvalue weighted by Crippen LogP contribution is 2.40. The van der Waals surface area contributed by atoms with Gasteiger partial charge in [0.25, 0.3) is 10.0 Å². The molecule has 8 heteroatoms. The first-order valence-electron chi connectivity index (χ1n) is 7.55. The predicted molar refractivity (Wildman–Crippen MR) is 91.2 cm³/mol. The molecule has 0 radical (unpaired) electrons. The second kappa shape index (κ2) is 6.13. The number of halogens is 1. The van der Waals surface area contributed by atoms with Crippen molar-refractivity contribution in [1.29, 1.82) is 0 Å². The summed E-state index contributed by atoms with van der Waals surface area (Å²) < 4.78 is 28.8. The van der Waals surface area contributed by atoms with Crippen LogP contribution in [0, 0.1) is 5.41 Å². The molecule has 1 aromatic carbocycles. The minimum absolute atomic E-state index is 0.0662. The predicted octanol–water partition coefficient (Wildman–Crippen LogP) is 2.47. The summed E-state index contributed by atoms with van der Waals surface area (Å²) in [6.07, 6.45) is 6.49. The van der Waals surface area contributed by atoms with Gasteiger partial charge < -0.3 is 5.32 Å². The Labute approximate surface area is 141 Å². The van der Waals surface area contributed by atoms with E-state index in [1.54, 1.807) is 24.2 Å². The molecule has 1 aliphatic heterocycles. The van der Waals surface area contributed by atoms with Crippen LogP contribution in [0.3, 0.4) is 0 Å². The summed E-state index contributed by atoms with van der Waals surface area (Å²) in [6, 6.07) is 6.08. The smallest absolute Gasteiger partial charge is 0.285 e. The molecule has 1 aromatic rings. The van der Waals surface area contributed by atoms with Crippen molar-refractivity contribution in [3.05, 3.63) is 29.3 Å². The molecule has 0 aromatic heterocycles. The zero-order chi connectivity index (χ0) is 16.5. The number of rotatable bonds is 2. The first-order valence-corrected chi connectivity index (χ1v) is 9.37. The highest BCUT2D eigenvalue weighted by atomic mass is 35.5. The van der Waals surface area contributed by atoms with E-state index in [1.165, 1.54) is 25.0 Å². The highest BCUT2D eigenvalue weighted by molar-refractivity contribution is 7.90. The van der Waals surface area contributed by atoms with Gasteiger partial charge in [-0.1, -0.05) is 30.5 Å². The van der Waals surface area contributed by atoms with Gasteiger partial charge in [-0.25, -0.2) is 5.01 Å². The van der Waals surface area contributed by atoms with Crippen molar-refractivity contribution in [1.82, 2.24) is 10.3 Å². The maximum absolute atomic E-state index is 12.5. The molecule has 0 unspecified atom stereocenters. The number of sulfonamides is 1. The SMILES string of the molecule is CN/C(=N\S(=O)(=O)c1cccc(Cl)c1)N1CC2(C=N1)CCCC2. The Kier molecular flexibility index (Phi) is 4.33. The average molecular weight is 355 g/mol. The van der Waals surface area contributed by atoms with Gasteiger partial charge in [-0.3, -0.25) is 0 Å². The van der Waals surface area contributed by atoms with Gasteiger partial charge in [0.05, 0.1) is 11.4 Å². The van der Waals surface area contributed by atoms with Crippen LogP contribution in [-0.4, -0.2) is 39.2 Å². The zero-order valence-corrected chi connectivity index (χ0v) is 14.4. The largest absolute Gasteiger partial charge is 0.357 e. The Morgan fingerprint density at radius 3 is 2.78 bits per heavy atom. The number of nitrogens with one attached hydrogen (secondary N) is 1. The fourth-order valence-corrected chi connectivity index (χ4v) is 4.38. The van der Waals surface area contributed by atoms with Gasteiger partial charge in [-0.15, -0.1) is 4.40 Å². The summed E-state index contributed by atoms with van der Waals surface area (Å²) in [4.78, 5) is 0.0662. The maximum atomic E-state index is 12.5. The summed E-state index contributed by atoms with van der Waals surface area (Å²) in [5.41, 5.74) is 0.0669. The molecule has 3 rings (SSSR count). The Hall–Kier alpha value is -1.60. The van der Waals surface area contributed by atoms with Crippen molar-refractivity contribution < 1.29 is 8.42 Å². The lowest BCUT2D eigenvalue weighted by Crippen LogP contribution is -2.38. The molecule has 6 nitrogen and oxygen atoms in total. The molecule has 0 amide bonds. The van der Waals surface area contributed by atoms with Gasteiger partial charge in [-0.05, 0) is 31.0 Å². The van der Waals surface area contributed by atoms with Crippen molar-refractivity contribution in [3.8, 4) is 0 Å². The topological polar surface area (TPSA) is 74.1 Å². The number of guanidine groups is 1. The molecular weight excluding hydrogens is 336 g/mol. The Balaban J connectivity index is 1.86. The standard InChI is InChI=1S/C15H19ClN4O2S/c1-17-14(20-11-15(10-18-20)7-2-3-8-15)19-23(21,22)13-6-4-5-12(16)9-13/h4-6,9-10H,2-3,7-8,11H2,1H3,(H,17,19). The van der Waals surface area contributed by atoms with Gasteiger partial charge in [0.15, 0.2) is 0 Å². The summed E-state index contributed by atoms with van der Waals surface area (Å²) >= 11 is 5.87. The lowest BCUT2D eigenvalue weighted by Gasteiger charge is -2.22. The van der Waals surface area contributed by atoms with Crippen molar-refractivity contribution in [2.75, 3.05) is 13.6 Å². The van der Waals surface area contributed by atoms with Crippen LogP contribution in [0.5, 0.6) is 0 Å². The van der Waals surface area contributed by atoms with Gasteiger partial charge in [0, 0.05) is 23.7 Å². The fourth-order valence-electron chi connectivity index (χ4n) is 3.08. The van der Waals surface area contributed by atoms with Crippen LogP contribution in [0.1, 0.15) is 25.7 Å². The second-order valence-electron chi connectivity index (χ2n) is 5.97. The minimum atomic E-state index is -3.84. The molecule has 1 spiro atoms. The second-order valence-corrected chi connectivity index (χ2v) is 8.01. The molecule has 2 aliphatic rings. The monoisotopic (exact) mass is 354 g/mol. The summed E-state index contributed by atoms with van der Waals surface area (Å²) in [5.74, 6) is 0.227. The number of nitrogens with zero attached hydrogens (tertiary/aromatic N) is 3. The van der Waals surface area contributed by atoms with Crippen LogP contribution >= 0.6 is 11.6 Å². The van der Waals surface area contributed by atoms with Gasteiger partial charge >= 0.3 is 0 Å². The molecule has 1 aliphatic carbocycles. The van der Waals surface area contributed by atoms with Crippen LogP contribution in [0.25, 0.3) is 0 Å². The van der Waals surface area contributed by atoms with E-state index in [1.807, 2.05) is 6.21 Å². The van der Waals surface area contributed by atoms with E-state index in [0.717, 1.165) is 12.8 Å². The van der Waals surface area contributed by atoms with E-state index in [2.05, 4.69) is 14.8 Å². The summed E-state index contributed by atoms with van der Waals surface area (Å²) in [7, 11) is -2.20. The van der Waals surface area contributed by atoms with Crippen molar-refractivity contribution in [3.63, 3.8) is 0 Å². The molecule has 0 bridgehead atoms. The third kappa shape index (κ3) is 3.35. The lowest BCUT2D eigenvalue weighted by atomic mass is 9.88. The number of benzene rings is 1. The van der Waals surface area contributed by atoms with Crippen LogP contribution < -0.4 is 5.32 Å². The van der Waals surface area contributed by atoms with Crippen molar-refractivity contribution in [2.45, 2.75) is 30.6 Å². The molecule has 124 valence electrons.